The first kappa shape index (κ1) is 16.2. The van der Waals surface area contributed by atoms with Crippen molar-refractivity contribution in [3.8, 4) is 17.2 Å². The number of fused-ring (bicyclic) bond motifs is 2. The molecule has 1 aliphatic heterocycles. The number of tetrazole rings is 1. The van der Waals surface area contributed by atoms with Crippen LogP contribution in [0, 0.1) is 0 Å². The zero-order valence-corrected chi connectivity index (χ0v) is 14.7. The summed E-state index contributed by atoms with van der Waals surface area (Å²) in [6.07, 6.45) is 1.52. The quantitative estimate of drug-likeness (QED) is 0.597. The van der Waals surface area contributed by atoms with Crippen molar-refractivity contribution in [1.29, 1.82) is 0 Å². The molecule has 1 aliphatic rings. The SMILES string of the molecule is O=C(Nc1ccc(-n2cnnn2)cc1)C1c2ccccc2Oc2ccccc21. The fraction of sp³-hybridized carbons (Fsp3) is 0.0476. The Morgan fingerprint density at radius 1 is 0.893 bits per heavy atom. The number of nitrogens with one attached hydrogen (secondary N) is 1. The molecule has 28 heavy (non-hydrogen) atoms. The average molecular weight is 369 g/mol. The monoisotopic (exact) mass is 369 g/mol. The Kier molecular flexibility index (Phi) is 3.83. The van der Waals surface area contributed by atoms with E-state index in [0.717, 1.165) is 16.8 Å². The van der Waals surface area contributed by atoms with Crippen LogP contribution in [0.25, 0.3) is 5.69 Å². The first-order valence-electron chi connectivity index (χ1n) is 8.79. The minimum absolute atomic E-state index is 0.113. The van der Waals surface area contributed by atoms with Crippen molar-refractivity contribution in [2.45, 2.75) is 5.92 Å². The highest BCUT2D eigenvalue weighted by atomic mass is 16.5. The van der Waals surface area contributed by atoms with Gasteiger partial charge in [-0.15, -0.1) is 5.10 Å². The third kappa shape index (κ3) is 2.79. The minimum Gasteiger partial charge on any atom is -0.457 e. The van der Waals surface area contributed by atoms with Gasteiger partial charge in [0.25, 0.3) is 0 Å². The number of benzene rings is 3. The second kappa shape index (κ2) is 6.62. The standard InChI is InChI=1S/C21H15N5O2/c27-21(23-14-9-11-15(12-10-14)26-13-22-24-25-26)20-16-5-1-3-7-18(16)28-19-8-4-2-6-17(19)20/h1-13,20H,(H,23,27). The summed E-state index contributed by atoms with van der Waals surface area (Å²) in [5.41, 5.74) is 3.21. The van der Waals surface area contributed by atoms with Crippen LogP contribution in [0.3, 0.4) is 0 Å². The molecule has 3 aromatic carbocycles. The molecule has 0 saturated heterocycles. The summed E-state index contributed by atoms with van der Waals surface area (Å²) in [6.45, 7) is 0. The fourth-order valence-corrected chi connectivity index (χ4v) is 3.38. The van der Waals surface area contributed by atoms with E-state index in [-0.39, 0.29) is 5.91 Å². The molecular weight excluding hydrogens is 354 g/mol. The van der Waals surface area contributed by atoms with Gasteiger partial charge < -0.3 is 10.1 Å². The predicted molar refractivity (Wildman–Crippen MR) is 103 cm³/mol. The number of ether oxygens (including phenoxy) is 1. The number of aromatic nitrogens is 4. The summed E-state index contributed by atoms with van der Waals surface area (Å²) in [4.78, 5) is 13.2. The van der Waals surface area contributed by atoms with Crippen molar-refractivity contribution < 1.29 is 9.53 Å². The normalized spacial score (nSPS) is 12.6. The first-order chi connectivity index (χ1) is 13.8. The van der Waals surface area contributed by atoms with Gasteiger partial charge in [0, 0.05) is 16.8 Å². The molecule has 1 aromatic heterocycles. The maximum Gasteiger partial charge on any atom is 0.236 e. The molecule has 0 atom stereocenters. The summed E-state index contributed by atoms with van der Waals surface area (Å²) < 4.78 is 7.52. The second-order valence-corrected chi connectivity index (χ2v) is 6.40. The Bertz CT molecular complexity index is 1090. The molecule has 0 saturated carbocycles. The van der Waals surface area contributed by atoms with Gasteiger partial charge in [0.2, 0.25) is 5.91 Å². The van der Waals surface area contributed by atoms with Crippen molar-refractivity contribution in [2.75, 3.05) is 5.32 Å². The van der Waals surface area contributed by atoms with Crippen LogP contribution in [0.1, 0.15) is 17.0 Å². The van der Waals surface area contributed by atoms with Crippen molar-refractivity contribution in [1.82, 2.24) is 20.2 Å². The maximum absolute atomic E-state index is 13.2. The molecule has 7 nitrogen and oxygen atoms in total. The lowest BCUT2D eigenvalue weighted by molar-refractivity contribution is -0.116. The lowest BCUT2D eigenvalue weighted by Crippen LogP contribution is -2.25. The molecule has 0 spiro atoms. The molecule has 0 bridgehead atoms. The third-order valence-corrected chi connectivity index (χ3v) is 4.69. The van der Waals surface area contributed by atoms with E-state index in [9.17, 15) is 4.79 Å². The molecular formula is C21H15N5O2. The molecule has 0 aliphatic carbocycles. The average Bonchev–Trinajstić information content (AvgIpc) is 3.27. The number of amides is 1. The highest BCUT2D eigenvalue weighted by Crippen LogP contribution is 2.44. The van der Waals surface area contributed by atoms with Gasteiger partial charge in [-0.25, -0.2) is 4.68 Å². The Labute approximate surface area is 160 Å². The molecule has 0 unspecified atom stereocenters. The Balaban J connectivity index is 1.46. The number of carbonyl (C=O) groups is 1. The van der Waals surface area contributed by atoms with E-state index in [2.05, 4.69) is 20.8 Å². The molecule has 4 aromatic rings. The molecule has 1 N–H and O–H groups in total. The van der Waals surface area contributed by atoms with Crippen LogP contribution in [-0.4, -0.2) is 26.1 Å². The zero-order valence-electron chi connectivity index (χ0n) is 14.7. The molecule has 1 amide bonds. The summed E-state index contributed by atoms with van der Waals surface area (Å²) in [5, 5.41) is 14.1. The van der Waals surface area contributed by atoms with E-state index in [1.54, 1.807) is 4.68 Å². The largest absolute Gasteiger partial charge is 0.457 e. The molecule has 0 fully saturated rings. The zero-order chi connectivity index (χ0) is 18.9. The van der Waals surface area contributed by atoms with E-state index in [0.29, 0.717) is 17.2 Å². The number of hydrogen-bond acceptors (Lipinski definition) is 5. The number of anilines is 1. The number of para-hydroxylation sites is 2. The van der Waals surface area contributed by atoms with Crippen molar-refractivity contribution in [3.63, 3.8) is 0 Å². The van der Waals surface area contributed by atoms with Crippen LogP contribution in [0.5, 0.6) is 11.5 Å². The number of carbonyl (C=O) groups excluding carboxylic acids is 1. The molecule has 136 valence electrons. The Hall–Kier alpha value is -4.00. The highest BCUT2D eigenvalue weighted by Gasteiger charge is 2.32. The van der Waals surface area contributed by atoms with Gasteiger partial charge in [-0.2, -0.15) is 0 Å². The van der Waals surface area contributed by atoms with Crippen LogP contribution in [0.4, 0.5) is 5.69 Å². The lowest BCUT2D eigenvalue weighted by Gasteiger charge is -2.27. The summed E-state index contributed by atoms with van der Waals surface area (Å²) in [5.74, 6) is 0.851. The molecule has 0 radical (unpaired) electrons. The Morgan fingerprint density at radius 2 is 1.54 bits per heavy atom. The lowest BCUT2D eigenvalue weighted by atomic mass is 9.87. The summed E-state index contributed by atoms with van der Waals surface area (Å²) in [7, 11) is 0. The number of hydrogen-bond donors (Lipinski definition) is 1. The van der Waals surface area contributed by atoms with Crippen molar-refractivity contribution >= 4 is 11.6 Å². The van der Waals surface area contributed by atoms with E-state index in [1.165, 1.54) is 6.33 Å². The van der Waals surface area contributed by atoms with Crippen molar-refractivity contribution in [3.05, 3.63) is 90.3 Å². The van der Waals surface area contributed by atoms with E-state index < -0.39 is 5.92 Å². The van der Waals surface area contributed by atoms with Crippen LogP contribution in [0.15, 0.2) is 79.1 Å². The van der Waals surface area contributed by atoms with Crippen LogP contribution >= 0.6 is 0 Å². The number of rotatable bonds is 3. The smallest absolute Gasteiger partial charge is 0.236 e. The third-order valence-electron chi connectivity index (χ3n) is 4.69. The van der Waals surface area contributed by atoms with Gasteiger partial charge in [0.05, 0.1) is 11.6 Å². The number of nitrogens with zero attached hydrogens (tertiary/aromatic N) is 4. The van der Waals surface area contributed by atoms with E-state index in [1.807, 2.05) is 72.8 Å². The summed E-state index contributed by atoms with van der Waals surface area (Å²) >= 11 is 0. The molecule has 5 rings (SSSR count). The molecule has 2 heterocycles. The topological polar surface area (TPSA) is 81.9 Å². The van der Waals surface area contributed by atoms with Gasteiger partial charge >= 0.3 is 0 Å². The van der Waals surface area contributed by atoms with E-state index >= 15 is 0 Å². The van der Waals surface area contributed by atoms with Crippen LogP contribution < -0.4 is 10.1 Å². The second-order valence-electron chi connectivity index (χ2n) is 6.40. The minimum atomic E-state index is -0.444. The first-order valence-corrected chi connectivity index (χ1v) is 8.79. The van der Waals surface area contributed by atoms with Crippen LogP contribution in [-0.2, 0) is 4.79 Å². The van der Waals surface area contributed by atoms with Gasteiger partial charge in [-0.1, -0.05) is 36.4 Å². The fourth-order valence-electron chi connectivity index (χ4n) is 3.38. The summed E-state index contributed by atoms with van der Waals surface area (Å²) in [6, 6.07) is 22.6. The van der Waals surface area contributed by atoms with Gasteiger partial charge in [-0.3, -0.25) is 4.79 Å². The van der Waals surface area contributed by atoms with Gasteiger partial charge in [-0.05, 0) is 46.8 Å². The van der Waals surface area contributed by atoms with E-state index in [4.69, 9.17) is 4.74 Å². The van der Waals surface area contributed by atoms with Crippen LogP contribution in [0.2, 0.25) is 0 Å². The van der Waals surface area contributed by atoms with Gasteiger partial charge in [0.15, 0.2) is 0 Å². The highest BCUT2D eigenvalue weighted by molar-refractivity contribution is 5.99. The van der Waals surface area contributed by atoms with Gasteiger partial charge in [0.1, 0.15) is 17.8 Å². The van der Waals surface area contributed by atoms with Crippen molar-refractivity contribution in [2.24, 2.45) is 0 Å². The predicted octanol–water partition coefficient (Wildman–Crippen LogP) is 3.54. The molecule has 7 heteroatoms. The maximum atomic E-state index is 13.2. The Morgan fingerprint density at radius 3 is 2.14 bits per heavy atom.